The van der Waals surface area contributed by atoms with E-state index >= 15 is 0 Å². The van der Waals surface area contributed by atoms with Crippen molar-refractivity contribution in [3.63, 3.8) is 0 Å². The van der Waals surface area contributed by atoms with Crippen LogP contribution in [-0.4, -0.2) is 35.5 Å². The highest BCUT2D eigenvalue weighted by Gasteiger charge is 2.17. The summed E-state index contributed by atoms with van der Waals surface area (Å²) >= 11 is 0.876. The van der Waals surface area contributed by atoms with Crippen LogP contribution in [0.15, 0.2) is 81.5 Å². The quantitative estimate of drug-likeness (QED) is 0.394. The number of benzene rings is 3. The molecule has 2 heterocycles. The molecule has 8 nitrogen and oxygen atoms in total. The van der Waals surface area contributed by atoms with E-state index in [1.165, 1.54) is 0 Å². The molecule has 0 atom stereocenters. The lowest BCUT2D eigenvalue weighted by Gasteiger charge is -2.08. The second kappa shape index (κ2) is 9.63. The Kier molecular flexibility index (Phi) is 6.22. The fraction of sp³-hybridized carbons (Fsp3) is 0.111. The number of aromatic nitrogens is 1. The maximum atomic E-state index is 12.5. The number of fused-ring (bicyclic) bond motifs is 1. The van der Waals surface area contributed by atoms with Gasteiger partial charge in [-0.2, -0.15) is 0 Å². The molecule has 0 aliphatic carbocycles. The molecule has 1 aliphatic heterocycles. The number of methoxy groups -OCH3 is 2. The minimum absolute atomic E-state index is 0.235. The number of rotatable bonds is 7. The molecule has 0 bridgehead atoms. The Bertz CT molecular complexity index is 1690. The third kappa shape index (κ3) is 4.44. The Morgan fingerprint density at radius 2 is 1.78 bits per heavy atom. The fourth-order valence-corrected chi connectivity index (χ4v) is 4.68. The second-order valence-corrected chi connectivity index (χ2v) is 8.93. The lowest BCUT2D eigenvalue weighted by atomic mass is 10.1. The fourth-order valence-electron chi connectivity index (χ4n) is 3.83. The first kappa shape index (κ1) is 23.3. The number of nitrogens with zero attached hydrogens (tertiary/aromatic N) is 3. The van der Waals surface area contributed by atoms with Crippen LogP contribution in [0, 0.1) is 0 Å². The van der Waals surface area contributed by atoms with Crippen molar-refractivity contribution < 1.29 is 19.4 Å². The summed E-state index contributed by atoms with van der Waals surface area (Å²) in [5.41, 5.74) is 1.93. The normalized spacial score (nSPS) is 12.6. The van der Waals surface area contributed by atoms with E-state index in [1.54, 1.807) is 50.6 Å². The summed E-state index contributed by atoms with van der Waals surface area (Å²) in [6.45, 7) is -0.235. The summed E-state index contributed by atoms with van der Waals surface area (Å²) in [4.78, 5) is 34.2. The molecule has 0 radical (unpaired) electrons. The molecule has 0 unspecified atom stereocenters. The molecule has 0 saturated heterocycles. The number of aromatic hydroxyl groups is 1. The minimum Gasteiger partial charge on any atom is -0.493 e. The lowest BCUT2D eigenvalue weighted by Crippen LogP contribution is -2.18. The van der Waals surface area contributed by atoms with Gasteiger partial charge in [0.05, 0.1) is 36.7 Å². The number of thiazole rings is 1. The molecule has 5 rings (SSSR count). The molecular formula is C27H21N3O5S. The molecule has 36 heavy (non-hydrogen) atoms. The predicted octanol–water partition coefficient (Wildman–Crippen LogP) is 3.06. The van der Waals surface area contributed by atoms with Gasteiger partial charge < -0.3 is 14.6 Å². The first-order valence-electron chi connectivity index (χ1n) is 11.0. The molecule has 4 aromatic rings. The van der Waals surface area contributed by atoms with Gasteiger partial charge in [-0.15, -0.1) is 0 Å². The topological polar surface area (TPSA) is 102 Å². The van der Waals surface area contributed by atoms with Crippen LogP contribution in [0.3, 0.4) is 0 Å². The molecule has 0 amide bonds. The number of hydrogen-bond donors (Lipinski definition) is 1. The largest absolute Gasteiger partial charge is 0.493 e. The van der Waals surface area contributed by atoms with Crippen molar-refractivity contribution in [3.05, 3.63) is 103 Å². The first-order valence-corrected chi connectivity index (χ1v) is 11.8. The summed E-state index contributed by atoms with van der Waals surface area (Å²) in [5.74, 6) is 1.24. The number of ketones is 1. The summed E-state index contributed by atoms with van der Waals surface area (Å²) in [5, 5.41) is 12.1. The Morgan fingerprint density at radius 1 is 1.00 bits per heavy atom. The standard InChI is InChI=1S/C27H21N3O5S/c1-34-22-11-9-18(14-23(22)35-2)25-28-19-10-8-16(12-20(19)29-25)13-24-26(32)30(27(33)36-24)15-21(31)17-6-4-3-5-7-17/h3-14,32H,15H2,1-2H3/b16-13+. The van der Waals surface area contributed by atoms with Gasteiger partial charge in [-0.25, -0.2) is 9.98 Å². The zero-order valence-corrected chi connectivity index (χ0v) is 20.3. The van der Waals surface area contributed by atoms with Gasteiger partial charge in [-0.1, -0.05) is 47.7 Å². The smallest absolute Gasteiger partial charge is 0.311 e. The molecule has 1 aliphatic rings. The zero-order valence-electron chi connectivity index (χ0n) is 19.5. The second-order valence-electron chi connectivity index (χ2n) is 7.94. The van der Waals surface area contributed by atoms with Crippen molar-refractivity contribution in [2.24, 2.45) is 9.98 Å². The van der Waals surface area contributed by atoms with Crippen molar-refractivity contribution in [1.29, 1.82) is 0 Å². The average Bonchev–Trinajstić information content (AvgIpc) is 3.44. The Labute approximate surface area is 209 Å². The monoisotopic (exact) mass is 499 g/mol. The molecule has 0 spiro atoms. The van der Waals surface area contributed by atoms with Crippen molar-refractivity contribution in [3.8, 4) is 17.4 Å². The highest BCUT2D eigenvalue weighted by atomic mass is 32.1. The van der Waals surface area contributed by atoms with E-state index in [9.17, 15) is 14.7 Å². The Morgan fingerprint density at radius 3 is 2.53 bits per heavy atom. The van der Waals surface area contributed by atoms with Gasteiger partial charge in [-0.05, 0) is 41.6 Å². The number of carbonyl (C=O) groups is 1. The van der Waals surface area contributed by atoms with Crippen molar-refractivity contribution in [2.45, 2.75) is 6.54 Å². The van der Waals surface area contributed by atoms with Crippen LogP contribution < -0.4 is 24.9 Å². The molecule has 1 N–H and O–H groups in total. The zero-order chi connectivity index (χ0) is 25.2. The van der Waals surface area contributed by atoms with E-state index in [0.717, 1.165) is 26.7 Å². The molecular weight excluding hydrogens is 478 g/mol. The van der Waals surface area contributed by atoms with E-state index in [4.69, 9.17) is 9.47 Å². The SMILES string of the molecule is COc1ccc(C2=Nc3c/c(=C/c4sc(=O)n(CC(=O)c5ccccc5)c4O)ccc3=N2)cc1OC. The third-order valence-corrected chi connectivity index (χ3v) is 6.60. The van der Waals surface area contributed by atoms with Crippen LogP contribution in [0.2, 0.25) is 0 Å². The van der Waals surface area contributed by atoms with Crippen LogP contribution in [0.1, 0.15) is 20.8 Å². The highest BCUT2D eigenvalue weighted by Crippen LogP contribution is 2.29. The number of Topliss-reactive ketones (excluding diaryl/α,β-unsaturated/α-hetero) is 1. The maximum absolute atomic E-state index is 12.5. The maximum Gasteiger partial charge on any atom is 0.311 e. The number of carbonyl (C=O) groups excluding carboxylic acids is 1. The third-order valence-electron chi connectivity index (χ3n) is 5.68. The number of hydrogen-bond acceptors (Lipinski definition) is 8. The van der Waals surface area contributed by atoms with Crippen LogP contribution in [0.25, 0.3) is 6.08 Å². The first-order chi connectivity index (χ1) is 17.5. The Balaban J connectivity index is 1.44. The lowest BCUT2D eigenvalue weighted by molar-refractivity contribution is 0.0968. The van der Waals surface area contributed by atoms with Crippen LogP contribution in [0.5, 0.6) is 17.4 Å². The van der Waals surface area contributed by atoms with E-state index < -0.39 is 4.87 Å². The minimum atomic E-state index is -0.409. The van der Waals surface area contributed by atoms with Gasteiger partial charge in [0.15, 0.2) is 23.1 Å². The van der Waals surface area contributed by atoms with E-state index in [0.29, 0.717) is 38.8 Å². The van der Waals surface area contributed by atoms with Gasteiger partial charge in [-0.3, -0.25) is 14.2 Å². The predicted molar refractivity (Wildman–Crippen MR) is 138 cm³/mol. The number of ether oxygens (including phenoxy) is 2. The van der Waals surface area contributed by atoms with Gasteiger partial charge in [0.25, 0.3) is 0 Å². The van der Waals surface area contributed by atoms with Gasteiger partial charge in [0, 0.05) is 11.1 Å². The molecule has 3 aromatic carbocycles. The molecule has 1 aromatic heterocycles. The highest BCUT2D eigenvalue weighted by molar-refractivity contribution is 7.10. The van der Waals surface area contributed by atoms with Crippen LogP contribution in [-0.2, 0) is 6.54 Å². The van der Waals surface area contributed by atoms with Gasteiger partial charge >= 0.3 is 4.87 Å². The van der Waals surface area contributed by atoms with Crippen molar-refractivity contribution >= 4 is 34.7 Å². The van der Waals surface area contributed by atoms with Crippen molar-refractivity contribution in [2.75, 3.05) is 14.2 Å². The summed E-state index contributed by atoms with van der Waals surface area (Å²) in [6, 6.07) is 19.6. The molecule has 0 fully saturated rings. The van der Waals surface area contributed by atoms with Gasteiger partial charge in [0.1, 0.15) is 0 Å². The molecule has 9 heteroatoms. The van der Waals surface area contributed by atoms with E-state index in [1.807, 2.05) is 36.4 Å². The van der Waals surface area contributed by atoms with Crippen LogP contribution >= 0.6 is 11.3 Å². The molecule has 0 saturated carbocycles. The summed E-state index contributed by atoms with van der Waals surface area (Å²) in [6.07, 6.45) is 1.69. The van der Waals surface area contributed by atoms with Crippen molar-refractivity contribution in [1.82, 2.24) is 4.57 Å². The average molecular weight is 500 g/mol. The van der Waals surface area contributed by atoms with Crippen LogP contribution in [0.4, 0.5) is 5.69 Å². The summed E-state index contributed by atoms with van der Waals surface area (Å²) < 4.78 is 11.7. The summed E-state index contributed by atoms with van der Waals surface area (Å²) in [7, 11) is 3.15. The van der Waals surface area contributed by atoms with E-state index in [2.05, 4.69) is 9.98 Å². The van der Waals surface area contributed by atoms with E-state index in [-0.39, 0.29) is 18.2 Å². The number of aliphatic imine (C=N–C) groups is 1. The van der Waals surface area contributed by atoms with Gasteiger partial charge in [0.2, 0.25) is 5.88 Å². The molecule has 180 valence electrons. The Hall–Kier alpha value is -4.50. The number of amidine groups is 1.